The number of carboxylic acid groups (broad SMARTS) is 1. The number of carboxylic acids is 1. The number of thioether (sulfide) groups is 1. The van der Waals surface area contributed by atoms with E-state index in [-0.39, 0.29) is 17.2 Å². The zero-order chi connectivity index (χ0) is 27.0. The van der Waals surface area contributed by atoms with Gasteiger partial charge in [0.15, 0.2) is 5.69 Å². The van der Waals surface area contributed by atoms with E-state index in [0.717, 1.165) is 18.4 Å². The van der Waals surface area contributed by atoms with Gasteiger partial charge in [-0.2, -0.15) is 0 Å². The first-order chi connectivity index (χ1) is 17.7. The molecule has 0 fully saturated rings. The Morgan fingerprint density at radius 3 is 2.41 bits per heavy atom. The van der Waals surface area contributed by atoms with Crippen molar-refractivity contribution in [2.45, 2.75) is 56.0 Å². The van der Waals surface area contributed by atoms with E-state index in [1.54, 1.807) is 41.2 Å². The number of benzene rings is 2. The van der Waals surface area contributed by atoms with Gasteiger partial charge >= 0.3 is 12.1 Å². The topological polar surface area (TPSA) is 128 Å². The number of nitrogens with zero attached hydrogens (tertiary/aromatic N) is 2. The third kappa shape index (κ3) is 6.92. The van der Waals surface area contributed by atoms with Crippen LogP contribution in [0.25, 0.3) is 11.1 Å². The lowest BCUT2D eigenvalue weighted by Crippen LogP contribution is -2.31. The number of carbonyl (C=O) groups is 2. The molecule has 0 aliphatic rings. The maximum atomic E-state index is 12.9. The molecule has 0 saturated heterocycles. The molecular weight excluding hydrogens is 514 g/mol. The number of aromatic carboxylic acids is 1. The fraction of sp³-hybridized carbons (Fsp3) is 0.346. The second-order valence-electron chi connectivity index (χ2n) is 8.32. The van der Waals surface area contributed by atoms with Crippen LogP contribution in [0.4, 0.5) is 4.79 Å². The number of amides is 1. The molecule has 0 atom stereocenters. The second-order valence-corrected chi connectivity index (χ2v) is 10.8. The highest BCUT2D eigenvalue weighted by Crippen LogP contribution is 2.29. The van der Waals surface area contributed by atoms with Crippen LogP contribution in [-0.4, -0.2) is 48.0 Å². The molecule has 198 valence electrons. The first-order valence-electron chi connectivity index (χ1n) is 12.0. The van der Waals surface area contributed by atoms with E-state index in [2.05, 4.69) is 4.98 Å². The number of nitrogens with one attached hydrogen (secondary N) is 1. The number of hydrogen-bond acceptors (Lipinski definition) is 7. The molecule has 2 aromatic carbocycles. The van der Waals surface area contributed by atoms with Gasteiger partial charge in [-0.25, -0.2) is 27.7 Å². The number of hydrogen-bond donors (Lipinski definition) is 2. The minimum absolute atomic E-state index is 0.0483. The van der Waals surface area contributed by atoms with Gasteiger partial charge in [0, 0.05) is 18.5 Å². The molecule has 2 N–H and O–H groups in total. The number of rotatable bonds is 12. The number of unbranched alkanes of at least 4 members (excludes halogenated alkanes) is 1. The normalized spacial score (nSPS) is 11.3. The number of sulfonamides is 1. The van der Waals surface area contributed by atoms with Gasteiger partial charge in [-0.05, 0) is 36.3 Å². The average molecular weight is 546 g/mol. The monoisotopic (exact) mass is 545 g/mol. The lowest BCUT2D eigenvalue weighted by Gasteiger charge is -2.13. The van der Waals surface area contributed by atoms with Crippen LogP contribution < -0.4 is 4.72 Å². The van der Waals surface area contributed by atoms with Gasteiger partial charge in [0.1, 0.15) is 10.9 Å². The number of aromatic nitrogens is 2. The van der Waals surface area contributed by atoms with Crippen LogP contribution in [0, 0.1) is 0 Å². The lowest BCUT2D eigenvalue weighted by molar-refractivity contribution is 0.0681. The van der Waals surface area contributed by atoms with Crippen LogP contribution in [0.3, 0.4) is 0 Å². The molecule has 3 rings (SSSR count). The summed E-state index contributed by atoms with van der Waals surface area (Å²) in [5.74, 6) is -0.322. The molecule has 1 amide bonds. The molecule has 1 heterocycles. The fourth-order valence-corrected chi connectivity index (χ4v) is 5.53. The summed E-state index contributed by atoms with van der Waals surface area (Å²) in [7, 11) is -4.17. The Balaban J connectivity index is 1.88. The second kappa shape index (κ2) is 12.8. The van der Waals surface area contributed by atoms with Gasteiger partial charge in [0.05, 0.1) is 11.5 Å². The van der Waals surface area contributed by atoms with Crippen molar-refractivity contribution in [3.05, 3.63) is 65.6 Å². The molecule has 0 spiro atoms. The van der Waals surface area contributed by atoms with Gasteiger partial charge in [0.2, 0.25) is 0 Å². The van der Waals surface area contributed by atoms with Crippen molar-refractivity contribution in [2.24, 2.45) is 0 Å². The van der Waals surface area contributed by atoms with E-state index >= 15 is 0 Å². The van der Waals surface area contributed by atoms with Crippen molar-refractivity contribution in [1.29, 1.82) is 0 Å². The maximum Gasteiger partial charge on any atom is 0.421 e. The molecule has 0 bridgehead atoms. The third-order valence-corrected chi connectivity index (χ3v) is 7.66. The lowest BCUT2D eigenvalue weighted by atomic mass is 10.0. The van der Waals surface area contributed by atoms with Crippen LogP contribution in [0.5, 0.6) is 0 Å². The molecule has 9 nitrogen and oxygen atoms in total. The molecular formula is C26H31N3O6S2. The highest BCUT2D eigenvalue weighted by molar-refractivity contribution is 7.98. The summed E-state index contributed by atoms with van der Waals surface area (Å²) in [6, 6.07) is 13.6. The molecule has 11 heteroatoms. The Kier molecular flexibility index (Phi) is 9.76. The number of ether oxygens (including phenoxy) is 1. The van der Waals surface area contributed by atoms with E-state index in [1.165, 1.54) is 17.8 Å². The van der Waals surface area contributed by atoms with E-state index in [9.17, 15) is 23.1 Å². The highest BCUT2D eigenvalue weighted by atomic mass is 32.2. The van der Waals surface area contributed by atoms with Crippen molar-refractivity contribution < 1.29 is 27.9 Å². The molecule has 37 heavy (non-hydrogen) atoms. The van der Waals surface area contributed by atoms with Gasteiger partial charge in [-0.15, -0.1) is 11.8 Å². The first-order valence-corrected chi connectivity index (χ1v) is 14.7. The molecule has 0 unspecified atom stereocenters. The van der Waals surface area contributed by atoms with E-state index in [0.29, 0.717) is 41.4 Å². The Bertz CT molecular complexity index is 1350. The van der Waals surface area contributed by atoms with Crippen molar-refractivity contribution in [1.82, 2.24) is 14.3 Å². The van der Waals surface area contributed by atoms with Crippen LogP contribution in [-0.2, 0) is 27.7 Å². The maximum absolute atomic E-state index is 12.9. The molecule has 1 aromatic heterocycles. The molecule has 0 aliphatic carbocycles. The number of imidazole rings is 1. The first kappa shape index (κ1) is 28.3. The summed E-state index contributed by atoms with van der Waals surface area (Å²) in [4.78, 5) is 28.4. The zero-order valence-corrected chi connectivity index (χ0v) is 22.7. The summed E-state index contributed by atoms with van der Waals surface area (Å²) in [6.07, 6.45) is 3.72. The van der Waals surface area contributed by atoms with Crippen molar-refractivity contribution in [2.75, 3.05) is 12.9 Å². The molecule has 0 radical (unpaired) electrons. The standard InChI is InChI=1S/C26H31N3O6S2/c1-4-6-16-35-26(32)28-37(33,34)21-11-8-7-10-20(21)19-14-12-18(13-15-19)17-29-22(9-5-2)27-24(36-3)23(29)25(30)31/h7-8,10-15H,4-6,9,16-17H2,1-3H3,(H,28,32)(H,30,31). The predicted octanol–water partition coefficient (Wildman–Crippen LogP) is 5.19. The minimum Gasteiger partial charge on any atom is -0.476 e. The van der Waals surface area contributed by atoms with Crippen LogP contribution in [0.15, 0.2) is 58.5 Å². The van der Waals surface area contributed by atoms with Gasteiger partial charge in [-0.1, -0.05) is 62.7 Å². The smallest absolute Gasteiger partial charge is 0.421 e. The molecule has 0 aliphatic heterocycles. The van der Waals surface area contributed by atoms with Gasteiger partial charge in [0.25, 0.3) is 10.0 Å². The van der Waals surface area contributed by atoms with Gasteiger partial charge in [-0.3, -0.25) is 0 Å². The van der Waals surface area contributed by atoms with Crippen molar-refractivity contribution >= 4 is 33.8 Å². The van der Waals surface area contributed by atoms with Crippen LogP contribution in [0.2, 0.25) is 0 Å². The van der Waals surface area contributed by atoms with E-state index in [1.807, 2.05) is 30.7 Å². The van der Waals surface area contributed by atoms with Crippen LogP contribution >= 0.6 is 11.8 Å². The quantitative estimate of drug-likeness (QED) is 0.235. The number of carbonyl (C=O) groups excluding carboxylic acids is 1. The Hall–Kier alpha value is -3.31. The van der Waals surface area contributed by atoms with E-state index < -0.39 is 22.1 Å². The molecule has 0 saturated carbocycles. The Morgan fingerprint density at radius 2 is 1.78 bits per heavy atom. The summed E-state index contributed by atoms with van der Waals surface area (Å²) in [6.45, 7) is 4.40. The molecule has 3 aromatic rings. The average Bonchev–Trinajstić information content (AvgIpc) is 3.22. The minimum atomic E-state index is -4.17. The Labute approximate surface area is 221 Å². The van der Waals surface area contributed by atoms with Gasteiger partial charge < -0.3 is 14.4 Å². The Morgan fingerprint density at radius 1 is 1.08 bits per heavy atom. The summed E-state index contributed by atoms with van der Waals surface area (Å²) in [5, 5.41) is 10.3. The highest BCUT2D eigenvalue weighted by Gasteiger charge is 2.24. The summed E-state index contributed by atoms with van der Waals surface area (Å²) in [5.41, 5.74) is 2.06. The zero-order valence-electron chi connectivity index (χ0n) is 21.1. The summed E-state index contributed by atoms with van der Waals surface area (Å²) < 4.78 is 34.5. The van der Waals surface area contributed by atoms with Crippen LogP contribution in [0.1, 0.15) is 55.0 Å². The van der Waals surface area contributed by atoms with E-state index in [4.69, 9.17) is 4.74 Å². The SMILES string of the molecule is CCCCOC(=O)NS(=O)(=O)c1ccccc1-c1ccc(Cn2c(CCC)nc(SC)c2C(=O)O)cc1. The number of aryl methyl sites for hydroxylation is 1. The fourth-order valence-electron chi connectivity index (χ4n) is 3.82. The van der Waals surface area contributed by atoms with Crippen molar-refractivity contribution in [3.8, 4) is 11.1 Å². The predicted molar refractivity (Wildman–Crippen MR) is 143 cm³/mol. The largest absolute Gasteiger partial charge is 0.476 e. The van der Waals surface area contributed by atoms with Crippen molar-refractivity contribution in [3.63, 3.8) is 0 Å². The third-order valence-electron chi connectivity index (χ3n) is 5.62. The summed E-state index contributed by atoms with van der Waals surface area (Å²) >= 11 is 1.30.